The van der Waals surface area contributed by atoms with Crippen molar-refractivity contribution in [1.29, 1.82) is 0 Å². The van der Waals surface area contributed by atoms with E-state index in [0.29, 0.717) is 35.5 Å². The zero-order chi connectivity index (χ0) is 21.0. The highest BCUT2D eigenvalue weighted by Gasteiger charge is 2.51. The Morgan fingerprint density at radius 1 is 1.13 bits per heavy atom. The summed E-state index contributed by atoms with van der Waals surface area (Å²) in [4.78, 5) is 14.5. The van der Waals surface area contributed by atoms with E-state index in [1.165, 1.54) is 22.7 Å². The number of piperidine rings is 3. The van der Waals surface area contributed by atoms with Crippen molar-refractivity contribution in [2.75, 3.05) is 53.1 Å². The van der Waals surface area contributed by atoms with Gasteiger partial charge in [-0.3, -0.25) is 0 Å². The molecule has 5 rings (SSSR count). The molecule has 3 fully saturated rings. The number of esters is 1. The Bertz CT molecular complexity index is 765. The molecule has 1 atom stereocenters. The fourth-order valence-electron chi connectivity index (χ4n) is 4.69. The highest BCUT2D eigenvalue weighted by atomic mass is 32.1. The van der Waals surface area contributed by atoms with Crippen LogP contribution in [0.25, 0.3) is 0 Å². The minimum absolute atomic E-state index is 0.162. The number of ether oxygens (including phenoxy) is 3. The highest BCUT2D eigenvalue weighted by molar-refractivity contribution is 7.12. The fraction of sp³-hybridized carbons (Fsp3) is 0.591. The van der Waals surface area contributed by atoms with Gasteiger partial charge in [-0.25, -0.2) is 4.79 Å². The average Bonchev–Trinajstić information content (AvgIpc) is 3.48. The van der Waals surface area contributed by atoms with Gasteiger partial charge in [-0.15, -0.1) is 22.7 Å². The predicted octanol–water partition coefficient (Wildman–Crippen LogP) is 2.86. The lowest BCUT2D eigenvalue weighted by atomic mass is 9.83. The van der Waals surface area contributed by atoms with Crippen molar-refractivity contribution in [3.63, 3.8) is 0 Å². The summed E-state index contributed by atoms with van der Waals surface area (Å²) in [7, 11) is 1.67. The number of fused-ring (bicyclic) bond motifs is 3. The summed E-state index contributed by atoms with van der Waals surface area (Å²) in [6, 6.07) is 7.30. The van der Waals surface area contributed by atoms with E-state index in [4.69, 9.17) is 14.2 Å². The molecular formula is C22H30NO5S2+. The maximum absolute atomic E-state index is 13.3. The fourth-order valence-corrected chi connectivity index (χ4v) is 6.40. The largest absolute Gasteiger partial charge is 0.453 e. The Hall–Kier alpha value is -1.29. The molecule has 2 aromatic heterocycles. The topological polar surface area (TPSA) is 65.0 Å². The molecule has 0 aliphatic carbocycles. The van der Waals surface area contributed by atoms with Crippen molar-refractivity contribution in [3.8, 4) is 0 Å². The normalized spacial score (nSPS) is 26.1. The molecule has 1 N–H and O–H groups in total. The molecule has 164 valence electrons. The molecule has 30 heavy (non-hydrogen) atoms. The molecular weight excluding hydrogens is 422 g/mol. The minimum atomic E-state index is -1.73. The number of hydrogen-bond acceptors (Lipinski definition) is 7. The number of quaternary nitrogens is 1. The molecule has 0 aromatic carbocycles. The van der Waals surface area contributed by atoms with E-state index in [1.54, 1.807) is 19.2 Å². The molecule has 0 amide bonds. The summed E-state index contributed by atoms with van der Waals surface area (Å²) in [5.74, 6) is -0.181. The molecule has 0 spiro atoms. The van der Waals surface area contributed by atoms with Crippen molar-refractivity contribution in [3.05, 3.63) is 44.8 Å². The number of hydrogen-bond donors (Lipinski definition) is 1. The number of thiophene rings is 2. The predicted molar refractivity (Wildman–Crippen MR) is 117 cm³/mol. The lowest BCUT2D eigenvalue weighted by Crippen LogP contribution is -2.65. The van der Waals surface area contributed by atoms with Crippen molar-refractivity contribution in [2.45, 2.75) is 24.5 Å². The van der Waals surface area contributed by atoms with E-state index in [2.05, 4.69) is 0 Å². The van der Waals surface area contributed by atoms with Gasteiger partial charge in [0.15, 0.2) is 6.10 Å². The van der Waals surface area contributed by atoms with Crippen molar-refractivity contribution < 1.29 is 28.6 Å². The molecule has 2 bridgehead atoms. The third kappa shape index (κ3) is 4.35. The molecule has 0 unspecified atom stereocenters. The van der Waals surface area contributed by atoms with Gasteiger partial charge < -0.3 is 23.8 Å². The van der Waals surface area contributed by atoms with Gasteiger partial charge in [0.05, 0.1) is 42.7 Å². The molecule has 3 aliphatic rings. The van der Waals surface area contributed by atoms with Crippen LogP contribution >= 0.6 is 22.7 Å². The van der Waals surface area contributed by atoms with Crippen molar-refractivity contribution in [1.82, 2.24) is 0 Å². The van der Waals surface area contributed by atoms with Crippen LogP contribution in [-0.2, 0) is 24.6 Å². The van der Waals surface area contributed by atoms with Gasteiger partial charge in [-0.2, -0.15) is 0 Å². The molecule has 6 nitrogen and oxygen atoms in total. The summed E-state index contributed by atoms with van der Waals surface area (Å²) in [6.45, 7) is 5.82. The van der Waals surface area contributed by atoms with Crippen LogP contribution in [0, 0.1) is 5.92 Å². The third-order valence-electron chi connectivity index (χ3n) is 6.49. The monoisotopic (exact) mass is 452 g/mol. The van der Waals surface area contributed by atoms with E-state index in [9.17, 15) is 9.90 Å². The summed E-state index contributed by atoms with van der Waals surface area (Å²) >= 11 is 2.75. The van der Waals surface area contributed by atoms with Crippen LogP contribution in [-0.4, -0.2) is 74.8 Å². The number of nitrogens with zero attached hydrogens (tertiary/aromatic N) is 1. The number of methoxy groups -OCH3 is 1. The Kier molecular flexibility index (Phi) is 6.91. The van der Waals surface area contributed by atoms with Gasteiger partial charge in [0, 0.05) is 25.9 Å². The molecule has 5 heterocycles. The Balaban J connectivity index is 1.45. The SMILES string of the molecule is COCCOCC[N+]12CCC(CC1)[C@@H](OC(=O)C(O)(c1cccs1)c1cccs1)C2. The first-order chi connectivity index (χ1) is 14.6. The van der Waals surface area contributed by atoms with Crippen molar-refractivity contribution in [2.24, 2.45) is 5.92 Å². The first-order valence-electron chi connectivity index (χ1n) is 10.5. The van der Waals surface area contributed by atoms with Gasteiger partial charge in [-0.05, 0) is 22.9 Å². The standard InChI is InChI=1S/C22H30NO5S2/c1-26-12-13-27-11-10-23-8-6-17(7-9-23)18(16-23)28-21(24)22(25,19-4-2-14-29-19)20-5-3-15-30-20/h2-5,14-15,17-18,25H,6-13,16H2,1H3/q+1/t17?,18-,23?/m0/s1. The first-order valence-corrected chi connectivity index (χ1v) is 12.3. The zero-order valence-electron chi connectivity index (χ0n) is 17.3. The van der Waals surface area contributed by atoms with Crippen LogP contribution in [0.3, 0.4) is 0 Å². The minimum Gasteiger partial charge on any atom is -0.453 e. The highest BCUT2D eigenvalue weighted by Crippen LogP contribution is 2.40. The summed E-state index contributed by atoms with van der Waals surface area (Å²) in [6.07, 6.45) is 1.93. The molecule has 8 heteroatoms. The van der Waals surface area contributed by atoms with Gasteiger partial charge in [0.1, 0.15) is 13.1 Å². The Labute approximate surface area is 185 Å². The van der Waals surface area contributed by atoms with E-state index < -0.39 is 11.6 Å². The zero-order valence-corrected chi connectivity index (χ0v) is 19.0. The van der Waals surface area contributed by atoms with Gasteiger partial charge in [0.2, 0.25) is 5.60 Å². The lowest BCUT2D eigenvalue weighted by Gasteiger charge is -2.52. The first kappa shape index (κ1) is 21.9. The molecule has 3 aliphatic heterocycles. The van der Waals surface area contributed by atoms with E-state index in [0.717, 1.165) is 43.5 Å². The number of rotatable bonds is 10. The van der Waals surface area contributed by atoms with Gasteiger partial charge in [0.25, 0.3) is 0 Å². The van der Waals surface area contributed by atoms with Crippen LogP contribution in [0.5, 0.6) is 0 Å². The average molecular weight is 453 g/mol. The molecule has 0 saturated carbocycles. The van der Waals surface area contributed by atoms with Gasteiger partial charge >= 0.3 is 5.97 Å². The second-order valence-electron chi connectivity index (χ2n) is 8.25. The van der Waals surface area contributed by atoms with Crippen molar-refractivity contribution >= 4 is 28.6 Å². The summed E-state index contributed by atoms with van der Waals surface area (Å²) < 4.78 is 17.7. The quantitative estimate of drug-likeness (QED) is 0.341. The summed E-state index contributed by atoms with van der Waals surface area (Å²) in [5, 5.41) is 15.2. The van der Waals surface area contributed by atoms with Gasteiger partial charge in [-0.1, -0.05) is 12.1 Å². The molecule has 2 aromatic rings. The second kappa shape index (κ2) is 9.46. The summed E-state index contributed by atoms with van der Waals surface area (Å²) in [5.41, 5.74) is -1.73. The van der Waals surface area contributed by atoms with E-state index in [1.807, 2.05) is 22.9 Å². The van der Waals surface area contributed by atoms with Crippen LogP contribution in [0.4, 0.5) is 0 Å². The number of carbonyl (C=O) groups is 1. The Morgan fingerprint density at radius 2 is 1.80 bits per heavy atom. The molecule has 0 radical (unpaired) electrons. The molecule has 3 saturated heterocycles. The van der Waals surface area contributed by atoms with Crippen LogP contribution in [0.2, 0.25) is 0 Å². The van der Waals surface area contributed by atoms with E-state index in [-0.39, 0.29) is 6.10 Å². The van der Waals surface area contributed by atoms with E-state index >= 15 is 0 Å². The lowest BCUT2D eigenvalue weighted by molar-refractivity contribution is -0.946. The smallest absolute Gasteiger partial charge is 0.349 e. The maximum Gasteiger partial charge on any atom is 0.349 e. The third-order valence-corrected chi connectivity index (χ3v) is 8.45. The van der Waals surface area contributed by atoms with Crippen LogP contribution < -0.4 is 0 Å². The number of carbonyl (C=O) groups excluding carboxylic acids is 1. The second-order valence-corrected chi connectivity index (χ2v) is 10.1. The Morgan fingerprint density at radius 3 is 2.37 bits per heavy atom. The number of aliphatic hydroxyl groups is 1. The maximum atomic E-state index is 13.3. The van der Waals surface area contributed by atoms with Crippen LogP contribution in [0.1, 0.15) is 22.6 Å². The van der Waals surface area contributed by atoms with Crippen LogP contribution in [0.15, 0.2) is 35.0 Å².